The number of carboxylic acid groups (broad SMARTS) is 1. The van der Waals surface area contributed by atoms with E-state index in [2.05, 4.69) is 20.8 Å². The van der Waals surface area contributed by atoms with Gasteiger partial charge in [-0.3, -0.25) is 4.79 Å². The van der Waals surface area contributed by atoms with Crippen molar-refractivity contribution in [2.45, 2.75) is 117 Å². The van der Waals surface area contributed by atoms with E-state index in [0.29, 0.717) is 32.1 Å². The predicted octanol–water partition coefficient (Wildman–Crippen LogP) is 4.15. The maximum Gasteiger partial charge on any atom is 0.310 e. The van der Waals surface area contributed by atoms with Crippen LogP contribution in [-0.2, 0) is 4.79 Å². The summed E-state index contributed by atoms with van der Waals surface area (Å²) in [6.45, 7) is 14.7. The van der Waals surface area contributed by atoms with Gasteiger partial charge in [0.2, 0.25) is 0 Å². The van der Waals surface area contributed by atoms with Gasteiger partial charge in [-0.25, -0.2) is 0 Å². The first-order valence-electron chi connectivity index (χ1n) is 14.1. The Hall–Kier alpha value is -0.950. The van der Waals surface area contributed by atoms with Gasteiger partial charge in [-0.1, -0.05) is 53.2 Å². The summed E-state index contributed by atoms with van der Waals surface area (Å²) in [5, 5.41) is 56.3. The molecule has 0 spiro atoms. The van der Waals surface area contributed by atoms with Crippen LogP contribution in [0.2, 0.25) is 0 Å². The van der Waals surface area contributed by atoms with Crippen molar-refractivity contribution in [3.05, 3.63) is 11.6 Å². The predicted molar refractivity (Wildman–Crippen MR) is 137 cm³/mol. The third kappa shape index (κ3) is 2.91. The average Bonchev–Trinajstić information content (AvgIpc) is 2.75. The average molecular weight is 505 g/mol. The molecule has 5 aliphatic carbocycles. The first kappa shape index (κ1) is 26.6. The lowest BCUT2D eigenvalue weighted by Crippen LogP contribution is -2.70. The number of hydrogen-bond acceptors (Lipinski definition) is 5. The fraction of sp³-hybridized carbons (Fsp3) is 0.900. The molecule has 0 unspecified atom stereocenters. The zero-order chi connectivity index (χ0) is 26.9. The van der Waals surface area contributed by atoms with E-state index in [4.69, 9.17) is 0 Å². The van der Waals surface area contributed by atoms with Crippen LogP contribution < -0.4 is 0 Å². The molecule has 0 bridgehead atoms. The summed E-state index contributed by atoms with van der Waals surface area (Å²) in [6, 6.07) is 0. The lowest BCUT2D eigenvalue weighted by Gasteiger charge is -2.72. The van der Waals surface area contributed by atoms with Gasteiger partial charge in [-0.05, 0) is 85.4 Å². The molecule has 0 aromatic carbocycles. The highest BCUT2D eigenvalue weighted by Gasteiger charge is 2.73. The summed E-state index contributed by atoms with van der Waals surface area (Å²) >= 11 is 0. The third-order valence-corrected chi connectivity index (χ3v) is 13.4. The highest BCUT2D eigenvalue weighted by atomic mass is 16.4. The number of carbonyl (C=O) groups is 1. The summed E-state index contributed by atoms with van der Waals surface area (Å²) in [5.41, 5.74) is -2.83. The number of fused-ring (bicyclic) bond motifs is 7. The molecule has 0 amide bonds. The van der Waals surface area contributed by atoms with Gasteiger partial charge in [-0.2, -0.15) is 0 Å². The maximum absolute atomic E-state index is 12.9. The van der Waals surface area contributed by atoms with E-state index in [1.165, 1.54) is 0 Å². The van der Waals surface area contributed by atoms with E-state index in [0.717, 1.165) is 18.4 Å². The van der Waals surface area contributed by atoms with E-state index in [-0.39, 0.29) is 34.0 Å². The zero-order valence-electron chi connectivity index (χ0n) is 23.2. The Labute approximate surface area is 216 Å². The van der Waals surface area contributed by atoms with Crippen LogP contribution in [-0.4, -0.2) is 55.4 Å². The fourth-order valence-corrected chi connectivity index (χ4v) is 11.1. The molecule has 5 rings (SSSR count). The fourth-order valence-electron chi connectivity index (χ4n) is 11.1. The molecule has 5 N–H and O–H groups in total. The summed E-state index contributed by atoms with van der Waals surface area (Å²) in [4.78, 5) is 12.9. The van der Waals surface area contributed by atoms with Crippen LogP contribution in [0.4, 0.5) is 0 Å². The van der Waals surface area contributed by atoms with Crippen LogP contribution in [0.25, 0.3) is 0 Å². The minimum absolute atomic E-state index is 0.0371. The summed E-state index contributed by atoms with van der Waals surface area (Å²) in [6.07, 6.45) is 4.12. The highest BCUT2D eigenvalue weighted by Crippen LogP contribution is 2.76. The van der Waals surface area contributed by atoms with Crippen molar-refractivity contribution in [2.24, 2.45) is 50.7 Å². The van der Waals surface area contributed by atoms with Gasteiger partial charge in [-0.15, -0.1) is 0 Å². The molecule has 0 heterocycles. The lowest BCUT2D eigenvalue weighted by molar-refractivity contribution is -0.252. The lowest BCUT2D eigenvalue weighted by atomic mass is 9.32. The van der Waals surface area contributed by atoms with Crippen LogP contribution >= 0.6 is 0 Å². The first-order chi connectivity index (χ1) is 16.4. The Kier molecular flexibility index (Phi) is 5.61. The molecule has 4 fully saturated rings. The number of aliphatic hydroxyl groups is 4. The van der Waals surface area contributed by atoms with Gasteiger partial charge in [0, 0.05) is 11.8 Å². The smallest absolute Gasteiger partial charge is 0.310 e. The Morgan fingerprint density at radius 2 is 1.58 bits per heavy atom. The van der Waals surface area contributed by atoms with Crippen molar-refractivity contribution in [1.82, 2.24) is 0 Å². The summed E-state index contributed by atoms with van der Waals surface area (Å²) in [5.74, 6) is -1.40. The molecule has 6 heteroatoms. The molecule has 0 aromatic rings. The second-order valence-electron chi connectivity index (χ2n) is 15.0. The quantitative estimate of drug-likeness (QED) is 0.343. The van der Waals surface area contributed by atoms with Crippen molar-refractivity contribution in [3.8, 4) is 0 Å². The molecule has 6 nitrogen and oxygen atoms in total. The van der Waals surface area contributed by atoms with Crippen LogP contribution in [0.3, 0.4) is 0 Å². The van der Waals surface area contributed by atoms with Crippen LogP contribution in [0.1, 0.15) is 93.4 Å². The van der Waals surface area contributed by atoms with E-state index >= 15 is 0 Å². The van der Waals surface area contributed by atoms with Gasteiger partial charge < -0.3 is 25.5 Å². The Balaban J connectivity index is 1.69. The molecule has 4 saturated carbocycles. The third-order valence-electron chi connectivity index (χ3n) is 13.4. The van der Waals surface area contributed by atoms with Crippen LogP contribution in [0.5, 0.6) is 0 Å². The second-order valence-corrected chi connectivity index (χ2v) is 15.0. The number of rotatable bonds is 1. The van der Waals surface area contributed by atoms with Crippen molar-refractivity contribution < 1.29 is 30.3 Å². The maximum atomic E-state index is 12.9. The molecule has 0 saturated heterocycles. The molecular weight excluding hydrogens is 456 g/mol. The minimum atomic E-state index is -1.18. The van der Waals surface area contributed by atoms with Crippen molar-refractivity contribution in [1.29, 1.82) is 0 Å². The highest BCUT2D eigenvalue weighted by molar-refractivity contribution is 5.77. The Morgan fingerprint density at radius 3 is 2.19 bits per heavy atom. The van der Waals surface area contributed by atoms with Crippen molar-refractivity contribution in [3.63, 3.8) is 0 Å². The molecular formula is C30H48O6. The van der Waals surface area contributed by atoms with Gasteiger partial charge in [0.05, 0.1) is 29.3 Å². The molecule has 0 aromatic heterocycles. The van der Waals surface area contributed by atoms with Crippen molar-refractivity contribution in [2.75, 3.05) is 0 Å². The summed E-state index contributed by atoms with van der Waals surface area (Å²) < 4.78 is 0. The standard InChI is InChI=1S/C30H48O6/c1-16-8-11-30(24(34)35)13-12-27(5)17(21(30)29(16,7)36)14-18(31)22-26(4)15-19(32)23(33)25(2,3)20(26)9-10-28(22,27)6/h14,16,18-23,31-33,36H,8-13,15H2,1-7H3,(H,34,35)/t16-,18-,19-,20-,21+,22-,23-,26+,27-,28-,29-,30+/m1/s1. The largest absolute Gasteiger partial charge is 0.481 e. The monoisotopic (exact) mass is 504 g/mol. The first-order valence-corrected chi connectivity index (χ1v) is 14.1. The van der Waals surface area contributed by atoms with Gasteiger partial charge in [0.15, 0.2) is 0 Å². The van der Waals surface area contributed by atoms with Crippen molar-refractivity contribution >= 4 is 5.97 Å². The molecule has 5 aliphatic rings. The van der Waals surface area contributed by atoms with E-state index in [1.54, 1.807) is 0 Å². The topological polar surface area (TPSA) is 118 Å². The normalized spacial score (nSPS) is 58.0. The minimum Gasteiger partial charge on any atom is -0.481 e. The van der Waals surface area contributed by atoms with E-state index in [9.17, 15) is 30.3 Å². The molecule has 0 radical (unpaired) electrons. The Morgan fingerprint density at radius 1 is 0.944 bits per heavy atom. The number of aliphatic hydroxyl groups excluding tert-OH is 3. The molecule has 0 aliphatic heterocycles. The van der Waals surface area contributed by atoms with Crippen LogP contribution in [0, 0.1) is 50.7 Å². The SMILES string of the molecule is C[C@@H]1CC[C@]2(C(=O)O)CC[C@]3(C)C(=C[C@@H](O)[C@@H]4[C@@]5(C)C[C@@H](O)[C@@H](O)C(C)(C)[C@H]5CC[C@]43C)[C@H]2[C@]1(C)O. The summed E-state index contributed by atoms with van der Waals surface area (Å²) in [7, 11) is 0. The van der Waals surface area contributed by atoms with Gasteiger partial charge in [0.25, 0.3) is 0 Å². The van der Waals surface area contributed by atoms with E-state index < -0.39 is 46.6 Å². The zero-order valence-corrected chi connectivity index (χ0v) is 23.2. The van der Waals surface area contributed by atoms with E-state index in [1.807, 2.05) is 33.8 Å². The second kappa shape index (κ2) is 7.58. The molecule has 204 valence electrons. The number of aliphatic carboxylic acids is 1. The van der Waals surface area contributed by atoms with Gasteiger partial charge >= 0.3 is 5.97 Å². The molecule has 12 atom stereocenters. The Bertz CT molecular complexity index is 986. The van der Waals surface area contributed by atoms with Gasteiger partial charge in [0.1, 0.15) is 0 Å². The number of hydrogen-bond donors (Lipinski definition) is 5. The van der Waals surface area contributed by atoms with Crippen LogP contribution in [0.15, 0.2) is 11.6 Å². The number of carboxylic acids is 1. The molecule has 36 heavy (non-hydrogen) atoms.